The molecule has 4 fully saturated rings. The summed E-state index contributed by atoms with van der Waals surface area (Å²) in [7, 11) is 0. The van der Waals surface area contributed by atoms with E-state index >= 15 is 0 Å². The Morgan fingerprint density at radius 2 is 0.325 bits per heavy atom. The molecule has 4 saturated heterocycles. The summed E-state index contributed by atoms with van der Waals surface area (Å²) in [6, 6.07) is 120. The zero-order chi connectivity index (χ0) is 83.2. The average Bonchev–Trinajstić information content (AvgIpc) is 1.71. The van der Waals surface area contributed by atoms with Gasteiger partial charge in [0.05, 0.1) is 99.1 Å². The van der Waals surface area contributed by atoms with Crippen molar-refractivity contribution in [2.45, 2.75) is 170 Å². The van der Waals surface area contributed by atoms with Gasteiger partial charge in [-0.15, -0.1) is 0 Å². The Bertz CT molecular complexity index is 4440. The third-order valence-electron chi connectivity index (χ3n) is 22.6. The lowest BCUT2D eigenvalue weighted by Gasteiger charge is -2.54. The molecule has 0 radical (unpaired) electrons. The zero-order valence-electron chi connectivity index (χ0n) is 69.1. The fourth-order valence-electron chi connectivity index (χ4n) is 16.3. The Morgan fingerprint density at radius 3 is 0.496 bits per heavy atom. The minimum Gasteiger partial charge on any atom is -0.374 e. The van der Waals surface area contributed by atoms with E-state index in [4.69, 9.17) is 85.3 Å². The number of hydrogen-bond donors (Lipinski definition) is 0. The van der Waals surface area contributed by atoms with Gasteiger partial charge in [-0.3, -0.25) is 0 Å². The van der Waals surface area contributed by atoms with Crippen molar-refractivity contribution >= 4 is 0 Å². The molecule has 636 valence electrons. The van der Waals surface area contributed by atoms with Gasteiger partial charge >= 0.3 is 0 Å². The molecule has 4 heterocycles. The minimum absolute atomic E-state index is 0.0183. The van der Waals surface area contributed by atoms with Crippen LogP contribution in [-0.2, 0) is 165 Å². The predicted molar refractivity (Wildman–Crippen MR) is 464 cm³/mol. The molecule has 18 nitrogen and oxygen atoms in total. The number of benzene rings is 12. The highest BCUT2D eigenvalue weighted by atomic mass is 16.8. The quantitative estimate of drug-likeness (QED) is 0.0357. The molecule has 0 amide bonds. The van der Waals surface area contributed by atoms with Crippen LogP contribution in [0.3, 0.4) is 0 Å². The van der Waals surface area contributed by atoms with Crippen LogP contribution in [0.15, 0.2) is 364 Å². The fourth-order valence-corrected chi connectivity index (χ4v) is 16.3. The van der Waals surface area contributed by atoms with Crippen LogP contribution >= 0.6 is 0 Å². The van der Waals surface area contributed by atoms with Gasteiger partial charge in [0.2, 0.25) is 17.4 Å². The van der Waals surface area contributed by atoms with Gasteiger partial charge in [0.1, 0.15) is 93.1 Å². The zero-order valence-corrected chi connectivity index (χ0v) is 69.1. The molecule has 0 bridgehead atoms. The van der Waals surface area contributed by atoms with Crippen molar-refractivity contribution in [1.82, 2.24) is 0 Å². The Balaban J connectivity index is 0.931. The molecular formula is C105H108O18. The van der Waals surface area contributed by atoms with Crippen molar-refractivity contribution in [3.63, 3.8) is 0 Å². The first-order valence-corrected chi connectivity index (χ1v) is 42.6. The first-order chi connectivity index (χ1) is 60.9. The molecule has 123 heavy (non-hydrogen) atoms. The normalized spacial score (nSPS) is 25.3. The first-order valence-electron chi connectivity index (χ1n) is 42.6. The lowest BCUT2D eigenvalue weighted by molar-refractivity contribution is -0.427. The summed E-state index contributed by atoms with van der Waals surface area (Å²) in [5, 5.41) is 0. The number of rotatable bonds is 39. The average molecular weight is 1660 g/mol. The Kier molecular flexibility index (Phi) is 31.3. The van der Waals surface area contributed by atoms with E-state index in [1.54, 1.807) is 0 Å². The number of ether oxygens (including phenoxy) is 18. The van der Waals surface area contributed by atoms with Gasteiger partial charge in [-0.25, -0.2) is 0 Å². The lowest BCUT2D eigenvalue weighted by atomic mass is 9.90. The molecule has 0 saturated carbocycles. The summed E-state index contributed by atoms with van der Waals surface area (Å²) in [4.78, 5) is 0. The van der Waals surface area contributed by atoms with Crippen molar-refractivity contribution < 1.29 is 85.3 Å². The molecule has 0 N–H and O–H groups in total. The Hall–Kier alpha value is -10.1. The second kappa shape index (κ2) is 44.5. The minimum atomic E-state index is -2.17. The second-order valence-electron chi connectivity index (χ2n) is 31.5. The SMILES string of the molecule is c1ccc(COC[C@H]2O[C@@]3(CO[C@@]4(CO[C@@]5(CO3)O[C@H](COCc3ccccc3)[C@H](OCc3ccccc3)[C@H](OCc3ccccc3)[C@H]5OCc3ccccc3)O[C@H](COCc3ccccc3)[C@H](OCc3ccccc3)[C@H](OCc3ccccc3)[C@H]4OCc3ccccc3)[C@H](OCc3ccccc3)[C@@H](OCc3ccccc3)[C@H]2OCc2ccccc2)cc1. The monoisotopic (exact) mass is 1660 g/mol. The van der Waals surface area contributed by atoms with Crippen LogP contribution in [0, 0.1) is 0 Å². The highest BCUT2D eigenvalue weighted by Crippen LogP contribution is 2.48. The molecule has 12 aromatic carbocycles. The molecule has 0 unspecified atom stereocenters. The molecule has 0 aromatic heterocycles. The van der Waals surface area contributed by atoms with Crippen molar-refractivity contribution in [1.29, 1.82) is 0 Å². The third-order valence-corrected chi connectivity index (χ3v) is 22.6. The lowest BCUT2D eigenvalue weighted by Crippen LogP contribution is -2.72. The van der Waals surface area contributed by atoms with Crippen molar-refractivity contribution in [3.05, 3.63) is 431 Å². The molecule has 3 spiro atoms. The van der Waals surface area contributed by atoms with Gasteiger partial charge in [0.25, 0.3) is 0 Å². The van der Waals surface area contributed by atoms with Crippen molar-refractivity contribution in [2.75, 3.05) is 39.6 Å². The summed E-state index contributed by atoms with van der Waals surface area (Å²) in [6.07, 6.45) is -13.2. The summed E-state index contributed by atoms with van der Waals surface area (Å²) >= 11 is 0. The maximum absolute atomic E-state index is 8.23. The summed E-state index contributed by atoms with van der Waals surface area (Å²) < 4.78 is 139. The second-order valence-corrected chi connectivity index (χ2v) is 31.5. The van der Waals surface area contributed by atoms with Gasteiger partial charge in [0.15, 0.2) is 0 Å². The molecule has 16 rings (SSSR count). The Morgan fingerprint density at radius 1 is 0.179 bits per heavy atom. The van der Waals surface area contributed by atoms with E-state index in [-0.39, 0.29) is 99.1 Å². The molecule has 0 aliphatic carbocycles. The van der Waals surface area contributed by atoms with Crippen molar-refractivity contribution in [2.24, 2.45) is 0 Å². The van der Waals surface area contributed by atoms with Crippen LogP contribution in [0.4, 0.5) is 0 Å². The van der Waals surface area contributed by atoms with E-state index in [0.717, 1.165) is 66.8 Å². The molecule has 12 aromatic rings. The van der Waals surface area contributed by atoms with Crippen LogP contribution in [-0.4, -0.2) is 130 Å². The topological polar surface area (TPSA) is 166 Å². The molecule has 4 aliphatic rings. The molecule has 4 aliphatic heterocycles. The van der Waals surface area contributed by atoms with Gasteiger partial charge in [-0.05, 0) is 66.8 Å². The standard InChI is InChI=1S/C105H108O18/c1-13-37-79(38-14-1)61-106-73-91-94(109-64-82-43-19-4-20-44-82)97(112-67-85-49-25-7-26-50-85)100(115-70-88-55-31-10-32-56-88)103(121-91)76-119-105(102(117-72-90-59-35-12-36-60-90)99(114-69-87-53-29-9-30-54-87)96(111-66-84-47-23-6-24-48-84)93(123-105)75-108-63-81-41-17-3-18-42-81)78-120-104(77-118-103)101(116-71-89-57-33-11-34-58-89)98(113-68-86-51-27-8-28-52-86)95(110-65-83-45-21-5-22-46-83)92(122-104)74-107-62-80-39-15-2-16-40-80/h1-60,91-102H,61-78H2/t91-,92-,93-,94+,95+,96+,97+,98+,99+,100-,101-,102-,103+,104+,105+/m1/s1. The summed E-state index contributed by atoms with van der Waals surface area (Å²) in [5.41, 5.74) is 10.7. The van der Waals surface area contributed by atoms with Crippen LogP contribution in [0.25, 0.3) is 0 Å². The highest BCUT2D eigenvalue weighted by Gasteiger charge is 2.68. The van der Waals surface area contributed by atoms with Crippen LogP contribution in [0.2, 0.25) is 0 Å². The summed E-state index contributed by atoms with van der Waals surface area (Å²) in [6.45, 7) is -0.302. The summed E-state index contributed by atoms with van der Waals surface area (Å²) in [5.74, 6) is -6.50. The fraction of sp³-hybridized carbons (Fsp3) is 0.314. The van der Waals surface area contributed by atoms with Crippen LogP contribution < -0.4 is 0 Å². The predicted octanol–water partition coefficient (Wildman–Crippen LogP) is 18.3. The molecule has 18 heteroatoms. The maximum Gasteiger partial charge on any atom is 0.222 e. The third kappa shape index (κ3) is 23.7. The van der Waals surface area contributed by atoms with Crippen molar-refractivity contribution in [3.8, 4) is 0 Å². The van der Waals surface area contributed by atoms with E-state index in [2.05, 4.69) is 0 Å². The van der Waals surface area contributed by atoms with Crippen LogP contribution in [0.1, 0.15) is 66.8 Å². The van der Waals surface area contributed by atoms with Gasteiger partial charge < -0.3 is 85.3 Å². The van der Waals surface area contributed by atoms with Gasteiger partial charge in [0, 0.05) is 0 Å². The molecule has 15 atom stereocenters. The van der Waals surface area contributed by atoms with E-state index in [1.807, 2.05) is 364 Å². The maximum atomic E-state index is 8.23. The smallest absolute Gasteiger partial charge is 0.222 e. The largest absolute Gasteiger partial charge is 0.374 e. The van der Waals surface area contributed by atoms with Gasteiger partial charge in [-0.1, -0.05) is 364 Å². The number of hydrogen-bond acceptors (Lipinski definition) is 18. The first kappa shape index (κ1) is 86.4. The highest BCUT2D eigenvalue weighted by molar-refractivity contribution is 5.24. The molecular weight excluding hydrogens is 1550 g/mol. The van der Waals surface area contributed by atoms with Crippen LogP contribution in [0.5, 0.6) is 0 Å². The van der Waals surface area contributed by atoms with E-state index in [1.165, 1.54) is 0 Å². The van der Waals surface area contributed by atoms with E-state index < -0.39 is 110 Å². The van der Waals surface area contributed by atoms with E-state index in [9.17, 15) is 0 Å². The Labute approximate surface area is 721 Å². The van der Waals surface area contributed by atoms with E-state index in [0.29, 0.717) is 0 Å². The van der Waals surface area contributed by atoms with Gasteiger partial charge in [-0.2, -0.15) is 0 Å².